The molecule has 26 heavy (non-hydrogen) atoms. The zero-order valence-electron chi connectivity index (χ0n) is 15.0. The lowest BCUT2D eigenvalue weighted by Gasteiger charge is -2.15. The van der Waals surface area contributed by atoms with E-state index in [0.29, 0.717) is 16.2 Å². The van der Waals surface area contributed by atoms with Gasteiger partial charge in [0.1, 0.15) is 11.3 Å². The van der Waals surface area contributed by atoms with Gasteiger partial charge in [0.05, 0.1) is 5.69 Å². The van der Waals surface area contributed by atoms with Crippen molar-refractivity contribution in [3.8, 4) is 11.3 Å². The van der Waals surface area contributed by atoms with E-state index in [0.717, 1.165) is 22.5 Å². The summed E-state index contributed by atoms with van der Waals surface area (Å²) in [4.78, 5) is 20.5. The fraction of sp³-hybridized carbons (Fsp3) is 0.400. The number of hydrogen-bond acceptors (Lipinski definition) is 4. The summed E-state index contributed by atoms with van der Waals surface area (Å²) in [6.07, 6.45) is 8.70. The summed E-state index contributed by atoms with van der Waals surface area (Å²) in [5.41, 5.74) is 3.95. The number of rotatable bonds is 5. The third-order valence-electron chi connectivity index (χ3n) is 5.45. The first kappa shape index (κ1) is 16.0. The van der Waals surface area contributed by atoms with Crippen LogP contribution in [-0.2, 0) is 7.05 Å². The summed E-state index contributed by atoms with van der Waals surface area (Å²) >= 11 is 1.77. The largest absolute Gasteiger partial charge is 0.357 e. The highest BCUT2D eigenvalue weighted by molar-refractivity contribution is 8.02. The lowest BCUT2D eigenvalue weighted by atomic mass is 10.0. The Bertz CT molecular complexity index is 1060. The smallest absolute Gasteiger partial charge is 0.274 e. The number of aromatic nitrogens is 3. The van der Waals surface area contributed by atoms with E-state index in [-0.39, 0.29) is 5.56 Å². The van der Waals surface area contributed by atoms with Crippen molar-refractivity contribution in [3.63, 3.8) is 0 Å². The number of nitrogens with one attached hydrogen (secondary N) is 2. The Morgan fingerprint density at radius 1 is 1.31 bits per heavy atom. The van der Waals surface area contributed by atoms with Crippen LogP contribution in [0.15, 0.2) is 35.4 Å². The van der Waals surface area contributed by atoms with Gasteiger partial charge in [0.15, 0.2) is 0 Å². The molecule has 2 fully saturated rings. The molecule has 2 aliphatic rings. The second-order valence-electron chi connectivity index (χ2n) is 7.79. The summed E-state index contributed by atoms with van der Waals surface area (Å²) in [6, 6.07) is 6.28. The van der Waals surface area contributed by atoms with Crippen molar-refractivity contribution in [2.24, 2.45) is 7.05 Å². The van der Waals surface area contributed by atoms with Crippen molar-refractivity contribution in [3.05, 3.63) is 46.5 Å². The molecule has 0 aromatic carbocycles. The van der Waals surface area contributed by atoms with Gasteiger partial charge in [-0.1, -0.05) is 6.07 Å². The molecular weight excluding hydrogens is 344 g/mol. The minimum absolute atomic E-state index is 0.00628. The molecule has 3 heterocycles. The van der Waals surface area contributed by atoms with Gasteiger partial charge in [-0.15, -0.1) is 0 Å². The molecule has 0 unspecified atom stereocenters. The number of hydrogen-bond donors (Lipinski definition) is 2. The topological polar surface area (TPSA) is 62.7 Å². The lowest BCUT2D eigenvalue weighted by Crippen LogP contribution is -2.17. The SMILES string of the molecule is Cn1cc(-c2nc(NSC3(C)CC3)ccc2C2CC2)c2cc[nH]c2c1=O. The van der Waals surface area contributed by atoms with E-state index >= 15 is 0 Å². The van der Waals surface area contributed by atoms with Crippen LogP contribution in [-0.4, -0.2) is 19.3 Å². The molecule has 3 aromatic heterocycles. The molecule has 0 radical (unpaired) electrons. The molecule has 3 aromatic rings. The standard InChI is InChI=1S/C20H22N4OS/c1-20(8-9-20)26-23-16-6-5-13(12-3-4-12)17(22-16)15-11-24(2)19(25)18-14(15)7-10-21-18/h5-7,10-12,21H,3-4,8-9H2,1-2H3,(H,22,23). The van der Waals surface area contributed by atoms with E-state index in [9.17, 15) is 4.79 Å². The summed E-state index contributed by atoms with van der Waals surface area (Å²) in [5.74, 6) is 1.48. The van der Waals surface area contributed by atoms with Crippen LogP contribution in [0.3, 0.4) is 0 Å². The minimum atomic E-state index is -0.00628. The average Bonchev–Trinajstić information content (AvgIpc) is 3.56. The number of H-pyrrole nitrogens is 1. The molecule has 134 valence electrons. The summed E-state index contributed by atoms with van der Waals surface area (Å²) in [6.45, 7) is 2.28. The third-order valence-corrected chi connectivity index (χ3v) is 6.66. The third kappa shape index (κ3) is 2.72. The Balaban J connectivity index is 1.63. The maximum atomic E-state index is 12.4. The first-order chi connectivity index (χ1) is 12.5. The molecule has 0 atom stereocenters. The number of aryl methyl sites for hydroxylation is 1. The Labute approximate surface area is 156 Å². The maximum absolute atomic E-state index is 12.4. The van der Waals surface area contributed by atoms with Crippen molar-refractivity contribution in [1.29, 1.82) is 0 Å². The Hall–Kier alpha value is -2.21. The molecule has 5 rings (SSSR count). The van der Waals surface area contributed by atoms with Gasteiger partial charge in [-0.25, -0.2) is 4.98 Å². The van der Waals surface area contributed by atoms with Crippen LogP contribution in [0.5, 0.6) is 0 Å². The van der Waals surface area contributed by atoms with Crippen molar-refractivity contribution >= 4 is 28.7 Å². The highest BCUT2D eigenvalue weighted by Gasteiger charge is 2.38. The molecule has 0 bridgehead atoms. The fourth-order valence-electron chi connectivity index (χ4n) is 3.38. The number of pyridine rings is 2. The second kappa shape index (κ2) is 5.64. The molecule has 0 saturated heterocycles. The van der Waals surface area contributed by atoms with E-state index in [4.69, 9.17) is 4.98 Å². The predicted octanol–water partition coefficient (Wildman–Crippen LogP) is 4.42. The van der Waals surface area contributed by atoms with Gasteiger partial charge in [-0.05, 0) is 68.2 Å². The van der Waals surface area contributed by atoms with Gasteiger partial charge in [-0.2, -0.15) is 0 Å². The molecule has 2 aliphatic carbocycles. The summed E-state index contributed by atoms with van der Waals surface area (Å²) in [5, 5.41) is 0.946. The Kier molecular flexibility index (Phi) is 3.47. The number of fused-ring (bicyclic) bond motifs is 1. The van der Waals surface area contributed by atoms with Gasteiger partial charge >= 0.3 is 0 Å². The first-order valence-corrected chi connectivity index (χ1v) is 9.98. The van der Waals surface area contributed by atoms with Crippen LogP contribution in [0.2, 0.25) is 0 Å². The monoisotopic (exact) mass is 366 g/mol. The highest BCUT2D eigenvalue weighted by atomic mass is 32.2. The second-order valence-corrected chi connectivity index (χ2v) is 9.18. The van der Waals surface area contributed by atoms with Crippen molar-refractivity contribution in [2.75, 3.05) is 4.72 Å². The van der Waals surface area contributed by atoms with Crippen LogP contribution in [0.25, 0.3) is 22.2 Å². The molecule has 6 heteroatoms. The summed E-state index contributed by atoms with van der Waals surface area (Å²) in [7, 11) is 1.80. The van der Waals surface area contributed by atoms with E-state index in [2.05, 4.69) is 28.8 Å². The zero-order chi connectivity index (χ0) is 17.9. The van der Waals surface area contributed by atoms with Crippen LogP contribution >= 0.6 is 11.9 Å². The van der Waals surface area contributed by atoms with Crippen LogP contribution in [0.1, 0.15) is 44.1 Å². The van der Waals surface area contributed by atoms with Gasteiger partial charge in [-0.3, -0.25) is 4.79 Å². The maximum Gasteiger partial charge on any atom is 0.274 e. The van der Waals surface area contributed by atoms with E-state index in [1.165, 1.54) is 31.2 Å². The number of aromatic amines is 1. The van der Waals surface area contributed by atoms with Crippen LogP contribution in [0.4, 0.5) is 5.82 Å². The molecule has 2 saturated carbocycles. The number of nitrogens with zero attached hydrogens (tertiary/aromatic N) is 2. The molecule has 0 aliphatic heterocycles. The normalized spacial score (nSPS) is 18.2. The lowest BCUT2D eigenvalue weighted by molar-refractivity contribution is 0.870. The minimum Gasteiger partial charge on any atom is -0.357 e. The van der Waals surface area contributed by atoms with Gasteiger partial charge in [0, 0.05) is 35.1 Å². The molecular formula is C20H22N4OS. The predicted molar refractivity (Wildman–Crippen MR) is 108 cm³/mol. The quantitative estimate of drug-likeness (QED) is 0.656. The Morgan fingerprint density at radius 3 is 2.85 bits per heavy atom. The zero-order valence-corrected chi connectivity index (χ0v) is 15.8. The van der Waals surface area contributed by atoms with Crippen molar-refractivity contribution in [1.82, 2.24) is 14.5 Å². The molecule has 2 N–H and O–H groups in total. The van der Waals surface area contributed by atoms with E-state index in [1.54, 1.807) is 23.6 Å². The first-order valence-electron chi connectivity index (χ1n) is 9.16. The highest BCUT2D eigenvalue weighted by Crippen LogP contribution is 2.48. The van der Waals surface area contributed by atoms with Crippen molar-refractivity contribution in [2.45, 2.75) is 43.3 Å². The van der Waals surface area contributed by atoms with Gasteiger partial charge in [0.2, 0.25) is 0 Å². The molecule has 5 nitrogen and oxygen atoms in total. The van der Waals surface area contributed by atoms with Gasteiger partial charge in [0.25, 0.3) is 5.56 Å². The van der Waals surface area contributed by atoms with Crippen LogP contribution in [0, 0.1) is 0 Å². The molecule has 0 amide bonds. The van der Waals surface area contributed by atoms with E-state index in [1.807, 2.05) is 18.5 Å². The average molecular weight is 366 g/mol. The fourth-order valence-corrected chi connectivity index (χ4v) is 4.15. The van der Waals surface area contributed by atoms with E-state index < -0.39 is 0 Å². The summed E-state index contributed by atoms with van der Waals surface area (Å²) < 4.78 is 5.44. The van der Waals surface area contributed by atoms with Gasteiger partial charge < -0.3 is 14.3 Å². The number of anilines is 1. The van der Waals surface area contributed by atoms with Crippen molar-refractivity contribution < 1.29 is 0 Å². The van der Waals surface area contributed by atoms with Crippen LogP contribution < -0.4 is 10.3 Å². The molecule has 0 spiro atoms. The Morgan fingerprint density at radius 2 is 2.12 bits per heavy atom.